The summed E-state index contributed by atoms with van der Waals surface area (Å²) in [6.45, 7) is 2.49. The van der Waals surface area contributed by atoms with Crippen molar-refractivity contribution in [3.05, 3.63) is 78.4 Å². The molecule has 4 N–H and O–H groups in total. The van der Waals surface area contributed by atoms with Gasteiger partial charge in [0, 0.05) is 29.7 Å². The first-order valence-electron chi connectivity index (χ1n) is 11.2. The van der Waals surface area contributed by atoms with E-state index in [1.165, 1.54) is 12.1 Å². The van der Waals surface area contributed by atoms with Crippen LogP contribution < -0.4 is 10.5 Å². The summed E-state index contributed by atoms with van der Waals surface area (Å²) in [6, 6.07) is 21.0. The van der Waals surface area contributed by atoms with Gasteiger partial charge in [0.25, 0.3) is 0 Å². The van der Waals surface area contributed by atoms with Gasteiger partial charge in [-0.3, -0.25) is 14.8 Å². The maximum Gasteiger partial charge on any atom is 0.246 e. The highest BCUT2D eigenvalue weighted by molar-refractivity contribution is 7.89. The van der Waals surface area contributed by atoms with Crippen LogP contribution in [-0.2, 0) is 19.6 Å². The van der Waals surface area contributed by atoms with Crippen LogP contribution in [0.1, 0.15) is 11.6 Å². The second-order valence-corrected chi connectivity index (χ2v) is 9.92. The number of morpholine rings is 1. The molecule has 4 aromatic rings. The van der Waals surface area contributed by atoms with E-state index in [2.05, 4.69) is 20.4 Å². The molecule has 2 heterocycles. The SMILES string of the molecule is NS(=O)(=O)c1cccc(-c2n[nH]c3ccc(NC(=O)C(c4ccccc4)N4CCOCC4)cc23)c1. The number of nitrogens with two attached hydrogens (primary N) is 1. The van der Waals surface area contributed by atoms with Gasteiger partial charge < -0.3 is 10.1 Å². The number of nitrogens with zero attached hydrogens (tertiary/aromatic N) is 2. The van der Waals surface area contributed by atoms with Gasteiger partial charge in [-0.05, 0) is 35.9 Å². The molecule has 0 saturated carbocycles. The summed E-state index contributed by atoms with van der Waals surface area (Å²) >= 11 is 0. The number of benzene rings is 3. The van der Waals surface area contributed by atoms with E-state index in [0.29, 0.717) is 43.2 Å². The van der Waals surface area contributed by atoms with Gasteiger partial charge in [-0.2, -0.15) is 5.10 Å². The first kappa shape index (κ1) is 23.2. The number of hydrogen-bond donors (Lipinski definition) is 3. The Morgan fingerprint density at radius 2 is 1.80 bits per heavy atom. The fourth-order valence-corrected chi connectivity index (χ4v) is 4.90. The fraction of sp³-hybridized carbons (Fsp3) is 0.200. The molecule has 9 nitrogen and oxygen atoms in total. The number of aromatic nitrogens is 2. The van der Waals surface area contributed by atoms with E-state index in [-0.39, 0.29) is 10.8 Å². The quantitative estimate of drug-likeness (QED) is 0.380. The van der Waals surface area contributed by atoms with Crippen LogP contribution in [0.5, 0.6) is 0 Å². The van der Waals surface area contributed by atoms with E-state index in [0.717, 1.165) is 16.5 Å². The molecule has 3 aromatic carbocycles. The van der Waals surface area contributed by atoms with E-state index in [1.54, 1.807) is 12.1 Å². The molecule has 1 fully saturated rings. The summed E-state index contributed by atoms with van der Waals surface area (Å²) in [5, 5.41) is 16.4. The van der Waals surface area contributed by atoms with E-state index in [1.807, 2.05) is 48.5 Å². The van der Waals surface area contributed by atoms with Gasteiger partial charge in [0.15, 0.2) is 0 Å². The van der Waals surface area contributed by atoms with Crippen molar-refractivity contribution in [1.29, 1.82) is 0 Å². The summed E-state index contributed by atoms with van der Waals surface area (Å²) in [6.07, 6.45) is 0. The third kappa shape index (κ3) is 4.96. The Labute approximate surface area is 202 Å². The Balaban J connectivity index is 1.47. The number of aromatic amines is 1. The minimum atomic E-state index is -3.85. The minimum Gasteiger partial charge on any atom is -0.379 e. The summed E-state index contributed by atoms with van der Waals surface area (Å²) in [4.78, 5) is 15.6. The van der Waals surface area contributed by atoms with Crippen molar-refractivity contribution in [2.45, 2.75) is 10.9 Å². The Kier molecular flexibility index (Phi) is 6.35. The zero-order valence-corrected chi connectivity index (χ0v) is 19.7. The number of hydrogen-bond acceptors (Lipinski definition) is 6. The molecule has 0 bridgehead atoms. The number of rotatable bonds is 6. The Bertz CT molecular complexity index is 1460. The van der Waals surface area contributed by atoms with Gasteiger partial charge in [-0.15, -0.1) is 0 Å². The van der Waals surface area contributed by atoms with E-state index >= 15 is 0 Å². The minimum absolute atomic E-state index is 0.00632. The van der Waals surface area contributed by atoms with Crippen molar-refractivity contribution < 1.29 is 17.9 Å². The topological polar surface area (TPSA) is 130 Å². The van der Waals surface area contributed by atoms with E-state index in [4.69, 9.17) is 9.88 Å². The molecule has 180 valence electrons. The molecule has 1 unspecified atom stereocenters. The molecule has 0 aliphatic carbocycles. The molecule has 1 atom stereocenters. The number of carbonyl (C=O) groups is 1. The highest BCUT2D eigenvalue weighted by Crippen LogP contribution is 2.30. The monoisotopic (exact) mass is 491 g/mol. The molecule has 1 amide bonds. The van der Waals surface area contributed by atoms with Crippen LogP contribution in [0.4, 0.5) is 5.69 Å². The van der Waals surface area contributed by atoms with Crippen LogP contribution in [-0.4, -0.2) is 55.7 Å². The summed E-state index contributed by atoms with van der Waals surface area (Å²) in [5.74, 6) is -0.140. The predicted octanol–water partition coefficient (Wildman–Crippen LogP) is 2.89. The Morgan fingerprint density at radius 1 is 1.03 bits per heavy atom. The maximum atomic E-state index is 13.5. The number of carbonyl (C=O) groups excluding carboxylic acids is 1. The molecule has 1 aliphatic heterocycles. The molecule has 1 aromatic heterocycles. The van der Waals surface area contributed by atoms with Crippen LogP contribution in [0.15, 0.2) is 77.7 Å². The van der Waals surface area contributed by atoms with Gasteiger partial charge in [-0.1, -0.05) is 42.5 Å². The zero-order valence-electron chi connectivity index (χ0n) is 18.8. The van der Waals surface area contributed by atoms with E-state index < -0.39 is 16.1 Å². The van der Waals surface area contributed by atoms with Crippen molar-refractivity contribution in [2.24, 2.45) is 5.14 Å². The van der Waals surface area contributed by atoms with Crippen molar-refractivity contribution in [3.63, 3.8) is 0 Å². The third-order valence-corrected chi connectivity index (χ3v) is 6.95. The van der Waals surface area contributed by atoms with Crippen molar-refractivity contribution in [2.75, 3.05) is 31.6 Å². The summed E-state index contributed by atoms with van der Waals surface area (Å²) in [7, 11) is -3.85. The number of primary sulfonamides is 1. The molecule has 0 spiro atoms. The number of sulfonamides is 1. The van der Waals surface area contributed by atoms with E-state index in [9.17, 15) is 13.2 Å². The lowest BCUT2D eigenvalue weighted by molar-refractivity contribution is -0.123. The lowest BCUT2D eigenvalue weighted by atomic mass is 10.0. The molecule has 5 rings (SSSR count). The highest BCUT2D eigenvalue weighted by atomic mass is 32.2. The number of nitrogens with one attached hydrogen (secondary N) is 2. The van der Waals surface area contributed by atoms with Crippen molar-refractivity contribution in [3.8, 4) is 11.3 Å². The molecule has 0 radical (unpaired) electrons. The second-order valence-electron chi connectivity index (χ2n) is 8.36. The van der Waals surface area contributed by atoms with Crippen LogP contribution in [0.25, 0.3) is 22.2 Å². The third-order valence-electron chi connectivity index (χ3n) is 6.04. The second kappa shape index (κ2) is 9.59. The number of H-pyrrole nitrogens is 1. The number of anilines is 1. The van der Waals surface area contributed by atoms with Crippen LogP contribution in [0.2, 0.25) is 0 Å². The van der Waals surface area contributed by atoms with Crippen molar-refractivity contribution >= 4 is 32.5 Å². The Morgan fingerprint density at radius 3 is 2.54 bits per heavy atom. The molecule has 1 aliphatic rings. The summed E-state index contributed by atoms with van der Waals surface area (Å²) < 4.78 is 29.1. The Hall–Kier alpha value is -3.57. The van der Waals surface area contributed by atoms with Gasteiger partial charge in [0.2, 0.25) is 15.9 Å². The molecule has 10 heteroatoms. The average molecular weight is 492 g/mol. The first-order chi connectivity index (χ1) is 16.9. The molecular weight excluding hydrogens is 466 g/mol. The first-order valence-corrected chi connectivity index (χ1v) is 12.7. The average Bonchev–Trinajstić information content (AvgIpc) is 3.28. The normalized spacial score (nSPS) is 15.7. The molecular formula is C25H25N5O4S. The van der Waals surface area contributed by atoms with Crippen LogP contribution in [0, 0.1) is 0 Å². The molecule has 1 saturated heterocycles. The standard InChI is InChI=1S/C25H25N5O4S/c26-35(32,33)20-8-4-7-18(15-20)23-21-16-19(9-10-22(21)28-29-23)27-25(31)24(17-5-2-1-3-6-17)30-11-13-34-14-12-30/h1-10,15-16,24H,11-14H2,(H,27,31)(H,28,29)(H2,26,32,33). The number of fused-ring (bicyclic) bond motifs is 1. The lowest BCUT2D eigenvalue weighted by Crippen LogP contribution is -2.43. The lowest BCUT2D eigenvalue weighted by Gasteiger charge is -2.33. The fourth-order valence-electron chi connectivity index (χ4n) is 4.34. The number of ether oxygens (including phenoxy) is 1. The predicted molar refractivity (Wildman–Crippen MR) is 133 cm³/mol. The van der Waals surface area contributed by atoms with Crippen LogP contribution >= 0.6 is 0 Å². The van der Waals surface area contributed by atoms with Gasteiger partial charge >= 0.3 is 0 Å². The maximum absolute atomic E-state index is 13.5. The summed E-state index contributed by atoms with van der Waals surface area (Å²) in [5.41, 5.74) is 3.45. The van der Waals surface area contributed by atoms with Crippen molar-refractivity contribution in [1.82, 2.24) is 15.1 Å². The largest absolute Gasteiger partial charge is 0.379 e. The smallest absolute Gasteiger partial charge is 0.246 e. The van der Waals surface area contributed by atoms with Gasteiger partial charge in [0.05, 0.1) is 23.6 Å². The van der Waals surface area contributed by atoms with Gasteiger partial charge in [0.1, 0.15) is 11.7 Å². The molecule has 35 heavy (non-hydrogen) atoms. The number of amides is 1. The zero-order chi connectivity index (χ0) is 24.4. The van der Waals surface area contributed by atoms with Crippen LogP contribution in [0.3, 0.4) is 0 Å². The van der Waals surface area contributed by atoms with Gasteiger partial charge in [-0.25, -0.2) is 13.6 Å². The highest BCUT2D eigenvalue weighted by Gasteiger charge is 2.29.